The molecule has 2 aliphatic heterocycles. The van der Waals surface area contributed by atoms with Crippen molar-refractivity contribution < 1.29 is 18.9 Å². The molecule has 1 atom stereocenters. The predicted molar refractivity (Wildman–Crippen MR) is 127 cm³/mol. The van der Waals surface area contributed by atoms with E-state index in [1.807, 2.05) is 30.0 Å². The molecule has 9 heteroatoms. The van der Waals surface area contributed by atoms with Crippen molar-refractivity contribution in [2.24, 2.45) is 0 Å². The largest absolute Gasteiger partial charge is 0.486 e. The van der Waals surface area contributed by atoms with E-state index < -0.39 is 0 Å². The first kappa shape index (κ1) is 22.8. The van der Waals surface area contributed by atoms with Gasteiger partial charge >= 0.3 is 0 Å². The quantitative estimate of drug-likeness (QED) is 0.436. The van der Waals surface area contributed by atoms with Crippen molar-refractivity contribution in [3.8, 4) is 11.5 Å². The van der Waals surface area contributed by atoms with Gasteiger partial charge in [-0.2, -0.15) is 0 Å². The molecule has 2 aromatic rings. The van der Waals surface area contributed by atoms with Crippen molar-refractivity contribution in [3.05, 3.63) is 34.1 Å². The number of aromatic nitrogens is 1. The van der Waals surface area contributed by atoms with Gasteiger partial charge in [-0.1, -0.05) is 0 Å². The average Bonchev–Trinajstić information content (AvgIpc) is 3.31. The molecular formula is C23H31N3O5S. The van der Waals surface area contributed by atoms with Crippen molar-refractivity contribution >= 4 is 28.2 Å². The van der Waals surface area contributed by atoms with Gasteiger partial charge in [0, 0.05) is 49.9 Å². The summed E-state index contributed by atoms with van der Waals surface area (Å²) in [5, 5.41) is 4.83. The Morgan fingerprint density at radius 2 is 2.06 bits per heavy atom. The maximum Gasteiger partial charge on any atom is 0.253 e. The minimum absolute atomic E-state index is 0.121. The topological polar surface area (TPSA) is 85.1 Å². The van der Waals surface area contributed by atoms with Gasteiger partial charge in [-0.15, -0.1) is 0 Å². The third-order valence-corrected chi connectivity index (χ3v) is 6.03. The van der Waals surface area contributed by atoms with Crippen LogP contribution in [0.5, 0.6) is 11.5 Å². The van der Waals surface area contributed by atoms with E-state index in [0.29, 0.717) is 61.7 Å². The first-order valence-corrected chi connectivity index (χ1v) is 11.7. The summed E-state index contributed by atoms with van der Waals surface area (Å²) in [6.45, 7) is 6.96. The second kappa shape index (κ2) is 11.0. The lowest BCUT2D eigenvalue weighted by Crippen LogP contribution is -2.44. The summed E-state index contributed by atoms with van der Waals surface area (Å²) in [7, 11) is 0. The molecule has 1 saturated heterocycles. The van der Waals surface area contributed by atoms with Crippen LogP contribution in [-0.4, -0.2) is 67.2 Å². The van der Waals surface area contributed by atoms with Gasteiger partial charge in [0.2, 0.25) is 0 Å². The fourth-order valence-electron chi connectivity index (χ4n) is 3.99. The molecule has 3 heterocycles. The molecular weight excluding hydrogens is 430 g/mol. The van der Waals surface area contributed by atoms with Crippen molar-refractivity contribution in [2.45, 2.75) is 38.8 Å². The lowest BCUT2D eigenvalue weighted by atomic mass is 10.1. The smallest absolute Gasteiger partial charge is 0.253 e. The number of fused-ring (bicyclic) bond motifs is 2. The number of nitrogens with zero attached hydrogens (tertiary/aromatic N) is 1. The second-order valence-corrected chi connectivity index (χ2v) is 8.39. The van der Waals surface area contributed by atoms with E-state index in [9.17, 15) is 4.79 Å². The van der Waals surface area contributed by atoms with Crippen LogP contribution < -0.4 is 20.3 Å². The normalized spacial score (nSPS) is 17.5. The lowest BCUT2D eigenvalue weighted by molar-refractivity contribution is 0.0896. The molecule has 2 aliphatic rings. The molecule has 174 valence electrons. The van der Waals surface area contributed by atoms with Crippen LogP contribution in [0.3, 0.4) is 0 Å². The second-order valence-electron chi connectivity index (χ2n) is 8.00. The van der Waals surface area contributed by atoms with E-state index in [2.05, 4.69) is 10.3 Å². The highest BCUT2D eigenvalue weighted by Gasteiger charge is 2.22. The first-order valence-electron chi connectivity index (χ1n) is 11.3. The van der Waals surface area contributed by atoms with E-state index >= 15 is 0 Å². The Morgan fingerprint density at radius 3 is 2.81 bits per heavy atom. The number of hydrogen-bond acceptors (Lipinski definition) is 6. The number of pyridine rings is 1. The van der Waals surface area contributed by atoms with E-state index in [4.69, 9.17) is 31.2 Å². The fourth-order valence-corrected chi connectivity index (χ4v) is 4.23. The van der Waals surface area contributed by atoms with Crippen molar-refractivity contribution in [3.63, 3.8) is 0 Å². The molecule has 4 rings (SSSR count). The zero-order chi connectivity index (χ0) is 22.3. The maximum absolute atomic E-state index is 12.9. The molecule has 0 aliphatic carbocycles. The third-order valence-electron chi connectivity index (χ3n) is 5.63. The molecule has 32 heavy (non-hydrogen) atoms. The van der Waals surface area contributed by atoms with Crippen LogP contribution >= 0.6 is 12.2 Å². The van der Waals surface area contributed by atoms with Crippen molar-refractivity contribution in [1.82, 2.24) is 15.2 Å². The van der Waals surface area contributed by atoms with Gasteiger partial charge in [0.05, 0.1) is 18.2 Å². The number of rotatable bonds is 9. The SMILES string of the molecule is CCOCCCNC(=S)N(Cc1cc2cc3c(cc2[nH]c1=O)OCCO3)C[C@@H]1CCCO1. The van der Waals surface area contributed by atoms with Crippen molar-refractivity contribution in [1.29, 1.82) is 0 Å². The Labute approximate surface area is 193 Å². The zero-order valence-electron chi connectivity index (χ0n) is 18.5. The molecule has 1 fully saturated rings. The zero-order valence-corrected chi connectivity index (χ0v) is 19.3. The van der Waals surface area contributed by atoms with Crippen LogP contribution in [0.4, 0.5) is 0 Å². The van der Waals surface area contributed by atoms with E-state index in [1.54, 1.807) is 0 Å². The fraction of sp³-hybridized carbons (Fsp3) is 0.565. The molecule has 0 amide bonds. The number of H-pyrrole nitrogens is 1. The molecule has 1 aromatic carbocycles. The summed E-state index contributed by atoms with van der Waals surface area (Å²) >= 11 is 5.68. The molecule has 0 radical (unpaired) electrons. The Bertz CT molecular complexity index is 989. The highest BCUT2D eigenvalue weighted by Crippen LogP contribution is 2.33. The summed E-state index contributed by atoms with van der Waals surface area (Å²) in [6, 6.07) is 5.65. The Morgan fingerprint density at radius 1 is 1.25 bits per heavy atom. The van der Waals surface area contributed by atoms with Crippen LogP contribution in [0, 0.1) is 0 Å². The van der Waals surface area contributed by atoms with Crippen molar-refractivity contribution in [2.75, 3.05) is 46.1 Å². The Balaban J connectivity index is 1.51. The molecule has 0 saturated carbocycles. The summed E-state index contributed by atoms with van der Waals surface area (Å²) in [6.07, 6.45) is 3.04. The number of hydrogen-bond donors (Lipinski definition) is 2. The lowest BCUT2D eigenvalue weighted by Gasteiger charge is -2.28. The minimum atomic E-state index is -0.134. The van der Waals surface area contributed by atoms with Crippen LogP contribution in [-0.2, 0) is 16.0 Å². The number of nitrogens with one attached hydrogen (secondary N) is 2. The molecule has 0 bridgehead atoms. The summed E-state index contributed by atoms with van der Waals surface area (Å²) in [5.41, 5.74) is 1.24. The molecule has 0 unspecified atom stereocenters. The summed E-state index contributed by atoms with van der Waals surface area (Å²) < 4.78 is 22.5. The van der Waals surface area contributed by atoms with E-state index in [0.717, 1.165) is 43.3 Å². The maximum atomic E-state index is 12.9. The minimum Gasteiger partial charge on any atom is -0.486 e. The number of ether oxygens (including phenoxy) is 4. The number of benzene rings is 1. The van der Waals surface area contributed by atoms with Gasteiger partial charge in [0.25, 0.3) is 5.56 Å². The standard InChI is InChI=1S/C23H31N3O5S/c1-2-28-7-4-6-24-23(32)26(15-18-5-3-8-29-18)14-17-11-16-12-20-21(31-10-9-30-20)13-19(16)25-22(17)27/h11-13,18H,2-10,14-15H2,1H3,(H,24,32)(H,25,27)/t18-/m0/s1. The summed E-state index contributed by atoms with van der Waals surface area (Å²) in [5.74, 6) is 1.36. The first-order chi connectivity index (χ1) is 15.6. The highest BCUT2D eigenvalue weighted by molar-refractivity contribution is 7.80. The van der Waals surface area contributed by atoms with E-state index in [1.165, 1.54) is 0 Å². The summed E-state index contributed by atoms with van der Waals surface area (Å²) in [4.78, 5) is 17.9. The highest BCUT2D eigenvalue weighted by atomic mass is 32.1. The Kier molecular flexibility index (Phi) is 7.83. The van der Waals surface area contributed by atoms with Gasteiger partial charge in [-0.3, -0.25) is 4.79 Å². The molecule has 1 aromatic heterocycles. The molecule has 0 spiro atoms. The van der Waals surface area contributed by atoms with Gasteiger partial charge in [0.15, 0.2) is 16.6 Å². The van der Waals surface area contributed by atoms with Gasteiger partial charge < -0.3 is 34.1 Å². The molecule has 2 N–H and O–H groups in total. The number of thiocarbonyl (C=S) groups is 1. The third kappa shape index (κ3) is 5.70. The van der Waals surface area contributed by atoms with Gasteiger partial charge in [0.1, 0.15) is 13.2 Å². The van der Waals surface area contributed by atoms with Crippen LogP contribution in [0.25, 0.3) is 10.9 Å². The Hall–Kier alpha value is -2.36. The monoisotopic (exact) mass is 461 g/mol. The van der Waals surface area contributed by atoms with Crippen LogP contribution in [0.2, 0.25) is 0 Å². The van der Waals surface area contributed by atoms with E-state index in [-0.39, 0.29) is 11.7 Å². The van der Waals surface area contributed by atoms with Crippen LogP contribution in [0.15, 0.2) is 23.0 Å². The number of aromatic amines is 1. The average molecular weight is 462 g/mol. The van der Waals surface area contributed by atoms with Gasteiger partial charge in [-0.05, 0) is 50.5 Å². The van der Waals surface area contributed by atoms with Gasteiger partial charge in [-0.25, -0.2) is 0 Å². The van der Waals surface area contributed by atoms with Crippen LogP contribution in [0.1, 0.15) is 31.7 Å². The predicted octanol–water partition coefficient (Wildman–Crippen LogP) is 2.58. The molecule has 8 nitrogen and oxygen atoms in total.